The van der Waals surface area contributed by atoms with Crippen LogP contribution in [0.15, 0.2) is 24.3 Å². The van der Waals surface area contributed by atoms with E-state index in [0.29, 0.717) is 12.2 Å². The molecule has 0 aromatic heterocycles. The predicted molar refractivity (Wildman–Crippen MR) is 60.9 cm³/mol. The van der Waals surface area contributed by atoms with Gasteiger partial charge >= 0.3 is 5.97 Å². The van der Waals surface area contributed by atoms with Crippen molar-refractivity contribution in [2.45, 2.75) is 34.1 Å². The van der Waals surface area contributed by atoms with Crippen LogP contribution in [0.1, 0.15) is 32.8 Å². The molecule has 0 unspecified atom stereocenters. The molecular weight excluding hydrogens is 188 g/mol. The van der Waals surface area contributed by atoms with Crippen LogP contribution in [0.2, 0.25) is 0 Å². The summed E-state index contributed by atoms with van der Waals surface area (Å²) < 4.78 is 5.21. The van der Waals surface area contributed by atoms with Gasteiger partial charge in [-0.3, -0.25) is 4.79 Å². The number of aryl methyl sites for hydroxylation is 1. The predicted octanol–water partition coefficient (Wildman–Crippen LogP) is 3.34. The molecule has 0 bridgehead atoms. The van der Waals surface area contributed by atoms with E-state index in [2.05, 4.69) is 0 Å². The summed E-state index contributed by atoms with van der Waals surface area (Å²) in [6, 6.07) is 7.49. The zero-order valence-electron chi connectivity index (χ0n) is 9.83. The number of rotatable bonds is 2. The van der Waals surface area contributed by atoms with E-state index in [1.165, 1.54) is 0 Å². The second-order valence-electron chi connectivity index (χ2n) is 5.02. The number of carbonyl (C=O) groups is 1. The molecule has 0 radical (unpaired) electrons. The molecule has 0 N–H and O–H groups in total. The summed E-state index contributed by atoms with van der Waals surface area (Å²) in [4.78, 5) is 11.5. The quantitative estimate of drug-likeness (QED) is 0.548. The molecule has 15 heavy (non-hydrogen) atoms. The lowest BCUT2D eigenvalue weighted by molar-refractivity contribution is -0.136. The Balaban J connectivity index is 2.55. The van der Waals surface area contributed by atoms with Gasteiger partial charge in [0, 0.05) is 0 Å². The molecule has 1 rings (SSSR count). The lowest BCUT2D eigenvalue weighted by atomic mass is 9.92. The van der Waals surface area contributed by atoms with Crippen LogP contribution in [-0.2, 0) is 4.79 Å². The first-order valence-electron chi connectivity index (χ1n) is 5.14. The van der Waals surface area contributed by atoms with Crippen LogP contribution in [0, 0.1) is 12.3 Å². The van der Waals surface area contributed by atoms with Crippen molar-refractivity contribution in [3.05, 3.63) is 29.8 Å². The molecule has 0 aliphatic carbocycles. The summed E-state index contributed by atoms with van der Waals surface area (Å²) in [5.41, 5.74) is 1.13. The van der Waals surface area contributed by atoms with Gasteiger partial charge in [0.05, 0.1) is 6.42 Å². The average molecular weight is 206 g/mol. The minimum Gasteiger partial charge on any atom is -0.427 e. The second kappa shape index (κ2) is 4.47. The van der Waals surface area contributed by atoms with Crippen molar-refractivity contribution in [1.82, 2.24) is 0 Å². The largest absolute Gasteiger partial charge is 0.427 e. The summed E-state index contributed by atoms with van der Waals surface area (Å²) >= 11 is 0. The van der Waals surface area contributed by atoms with Gasteiger partial charge in [-0.25, -0.2) is 0 Å². The van der Waals surface area contributed by atoms with Crippen LogP contribution < -0.4 is 4.74 Å². The molecule has 82 valence electrons. The van der Waals surface area contributed by atoms with Crippen molar-refractivity contribution in [2.24, 2.45) is 5.41 Å². The summed E-state index contributed by atoms with van der Waals surface area (Å²) in [6.45, 7) is 8.05. The Morgan fingerprint density at radius 3 is 2.20 bits per heavy atom. The molecule has 0 heterocycles. The van der Waals surface area contributed by atoms with Gasteiger partial charge in [0.1, 0.15) is 5.75 Å². The Morgan fingerprint density at radius 1 is 1.20 bits per heavy atom. The van der Waals surface area contributed by atoms with Gasteiger partial charge in [-0.05, 0) is 24.5 Å². The topological polar surface area (TPSA) is 26.3 Å². The van der Waals surface area contributed by atoms with E-state index in [-0.39, 0.29) is 11.4 Å². The van der Waals surface area contributed by atoms with E-state index in [0.717, 1.165) is 5.56 Å². The maximum Gasteiger partial charge on any atom is 0.311 e. The number of hydrogen-bond acceptors (Lipinski definition) is 2. The van der Waals surface area contributed by atoms with Crippen molar-refractivity contribution < 1.29 is 9.53 Å². The number of ether oxygens (including phenoxy) is 1. The van der Waals surface area contributed by atoms with E-state index in [9.17, 15) is 4.79 Å². The van der Waals surface area contributed by atoms with E-state index in [1.807, 2.05) is 52.0 Å². The lowest BCUT2D eigenvalue weighted by Crippen LogP contribution is -2.17. The Morgan fingerprint density at radius 2 is 1.73 bits per heavy atom. The fraction of sp³-hybridized carbons (Fsp3) is 0.462. The third kappa shape index (κ3) is 4.63. The first-order valence-corrected chi connectivity index (χ1v) is 5.14. The Kier molecular flexibility index (Phi) is 3.51. The van der Waals surface area contributed by atoms with Crippen LogP contribution in [0.3, 0.4) is 0 Å². The number of hydrogen-bond donors (Lipinski definition) is 0. The van der Waals surface area contributed by atoms with Crippen LogP contribution in [0.5, 0.6) is 5.75 Å². The molecule has 2 nitrogen and oxygen atoms in total. The van der Waals surface area contributed by atoms with Crippen molar-refractivity contribution in [3.8, 4) is 5.75 Å². The minimum absolute atomic E-state index is 0.0260. The highest BCUT2D eigenvalue weighted by molar-refractivity contribution is 5.72. The van der Waals surface area contributed by atoms with Gasteiger partial charge < -0.3 is 4.74 Å². The monoisotopic (exact) mass is 206 g/mol. The molecule has 0 atom stereocenters. The summed E-state index contributed by atoms with van der Waals surface area (Å²) in [6.07, 6.45) is 0.431. The molecule has 1 aromatic rings. The molecule has 0 spiro atoms. The zero-order chi connectivity index (χ0) is 11.5. The van der Waals surface area contributed by atoms with Crippen LogP contribution in [-0.4, -0.2) is 5.97 Å². The first-order chi connectivity index (χ1) is 6.87. The van der Waals surface area contributed by atoms with Crippen molar-refractivity contribution in [1.29, 1.82) is 0 Å². The van der Waals surface area contributed by atoms with E-state index in [4.69, 9.17) is 4.74 Å². The highest BCUT2D eigenvalue weighted by Crippen LogP contribution is 2.20. The molecule has 1 aromatic carbocycles. The molecule has 0 fully saturated rings. The molecular formula is C13H18O2. The Hall–Kier alpha value is -1.31. The lowest BCUT2D eigenvalue weighted by Gasteiger charge is -2.16. The van der Waals surface area contributed by atoms with Gasteiger partial charge in [-0.15, -0.1) is 0 Å². The number of carbonyl (C=O) groups excluding carboxylic acids is 1. The maximum atomic E-state index is 11.5. The van der Waals surface area contributed by atoms with Crippen molar-refractivity contribution in [2.75, 3.05) is 0 Å². The normalized spacial score (nSPS) is 11.2. The fourth-order valence-electron chi connectivity index (χ4n) is 1.21. The zero-order valence-corrected chi connectivity index (χ0v) is 9.83. The molecule has 0 aliphatic rings. The minimum atomic E-state index is -0.175. The van der Waals surface area contributed by atoms with E-state index >= 15 is 0 Å². The van der Waals surface area contributed by atoms with E-state index < -0.39 is 0 Å². The van der Waals surface area contributed by atoms with Gasteiger partial charge in [0.25, 0.3) is 0 Å². The smallest absolute Gasteiger partial charge is 0.311 e. The van der Waals surface area contributed by atoms with Crippen molar-refractivity contribution in [3.63, 3.8) is 0 Å². The molecule has 0 amide bonds. The highest BCUT2D eigenvalue weighted by Gasteiger charge is 2.17. The van der Waals surface area contributed by atoms with Crippen LogP contribution >= 0.6 is 0 Å². The highest BCUT2D eigenvalue weighted by atomic mass is 16.5. The Labute approximate surface area is 91.3 Å². The molecule has 0 saturated carbocycles. The van der Waals surface area contributed by atoms with Crippen LogP contribution in [0.25, 0.3) is 0 Å². The average Bonchev–Trinajstić information content (AvgIpc) is 2.05. The summed E-state index contributed by atoms with van der Waals surface area (Å²) in [7, 11) is 0. The maximum absolute atomic E-state index is 11.5. The van der Waals surface area contributed by atoms with E-state index in [1.54, 1.807) is 0 Å². The fourth-order valence-corrected chi connectivity index (χ4v) is 1.21. The first kappa shape index (κ1) is 11.8. The summed E-state index contributed by atoms with van der Waals surface area (Å²) in [5.74, 6) is 0.446. The molecule has 0 aliphatic heterocycles. The third-order valence-electron chi connectivity index (χ3n) is 1.93. The number of esters is 1. The van der Waals surface area contributed by atoms with Crippen molar-refractivity contribution >= 4 is 5.97 Å². The van der Waals surface area contributed by atoms with Gasteiger partial charge in [-0.1, -0.05) is 38.5 Å². The standard InChI is InChI=1S/C13H18O2/c1-10-5-7-11(8-6-10)15-12(14)9-13(2,3)4/h5-8H,9H2,1-4H3. The Bertz CT molecular complexity index is 331. The molecule has 0 saturated heterocycles. The van der Waals surface area contributed by atoms with Crippen LogP contribution in [0.4, 0.5) is 0 Å². The second-order valence-corrected chi connectivity index (χ2v) is 5.02. The number of benzene rings is 1. The van der Waals surface area contributed by atoms with Gasteiger partial charge in [0.2, 0.25) is 0 Å². The van der Waals surface area contributed by atoms with Gasteiger partial charge in [0.15, 0.2) is 0 Å². The third-order valence-corrected chi connectivity index (χ3v) is 1.93. The molecule has 2 heteroatoms. The SMILES string of the molecule is Cc1ccc(OC(=O)CC(C)(C)C)cc1. The van der Waals surface area contributed by atoms with Gasteiger partial charge in [-0.2, -0.15) is 0 Å². The summed E-state index contributed by atoms with van der Waals surface area (Å²) in [5, 5.41) is 0.